The van der Waals surface area contributed by atoms with E-state index in [2.05, 4.69) is 5.43 Å². The molecule has 0 aromatic carbocycles. The number of carbonyl (C=O) groups is 1. The summed E-state index contributed by atoms with van der Waals surface area (Å²) in [6.07, 6.45) is 0.330. The highest BCUT2D eigenvalue weighted by Gasteiger charge is 2.27. The van der Waals surface area contributed by atoms with Gasteiger partial charge in [-0.2, -0.15) is 0 Å². The summed E-state index contributed by atoms with van der Waals surface area (Å²) in [4.78, 5) is 13.0. The molecule has 0 aliphatic heterocycles. The zero-order valence-electron chi connectivity index (χ0n) is 9.37. The summed E-state index contributed by atoms with van der Waals surface area (Å²) in [5.41, 5.74) is 1.77. The lowest BCUT2D eigenvalue weighted by molar-refractivity contribution is -0.122. The molecule has 0 aliphatic rings. The zero-order chi connectivity index (χ0) is 11.4. The predicted molar refractivity (Wildman–Crippen MR) is 55.3 cm³/mol. The maximum atomic E-state index is 11.0. The van der Waals surface area contributed by atoms with Crippen LogP contribution in [-0.4, -0.2) is 41.1 Å². The number of nitrogens with zero attached hydrogens (tertiary/aromatic N) is 1. The van der Waals surface area contributed by atoms with Gasteiger partial charge in [-0.1, -0.05) is 0 Å². The van der Waals surface area contributed by atoms with Crippen molar-refractivity contribution in [1.29, 1.82) is 0 Å². The van der Waals surface area contributed by atoms with Gasteiger partial charge in [-0.25, -0.2) is 5.84 Å². The van der Waals surface area contributed by atoms with Crippen LogP contribution in [0.2, 0.25) is 0 Å². The van der Waals surface area contributed by atoms with E-state index in [-0.39, 0.29) is 24.1 Å². The number of aliphatic hydroxyl groups excluding tert-OH is 1. The summed E-state index contributed by atoms with van der Waals surface area (Å²) >= 11 is 0. The van der Waals surface area contributed by atoms with E-state index in [0.717, 1.165) is 0 Å². The molecule has 0 saturated carbocycles. The molecule has 1 atom stereocenters. The van der Waals surface area contributed by atoms with Crippen LogP contribution in [-0.2, 0) is 4.79 Å². The Morgan fingerprint density at radius 3 is 2.50 bits per heavy atom. The van der Waals surface area contributed by atoms with Crippen molar-refractivity contribution in [3.63, 3.8) is 0 Å². The van der Waals surface area contributed by atoms with Crippen LogP contribution < -0.4 is 11.3 Å². The number of hydrazine groups is 1. The van der Waals surface area contributed by atoms with Crippen molar-refractivity contribution in [3.8, 4) is 0 Å². The Morgan fingerprint density at radius 1 is 1.64 bits per heavy atom. The topological polar surface area (TPSA) is 78.6 Å². The molecule has 4 N–H and O–H groups in total. The second kappa shape index (κ2) is 5.29. The molecule has 0 spiro atoms. The number of hydrogen-bond donors (Lipinski definition) is 3. The van der Waals surface area contributed by atoms with Gasteiger partial charge in [-0.15, -0.1) is 0 Å². The number of carbonyl (C=O) groups excluding carboxylic acids is 1. The summed E-state index contributed by atoms with van der Waals surface area (Å²) in [5, 5.41) is 9.14. The first kappa shape index (κ1) is 13.4. The third-order valence-electron chi connectivity index (χ3n) is 2.64. The van der Waals surface area contributed by atoms with Crippen molar-refractivity contribution in [1.82, 2.24) is 10.3 Å². The summed E-state index contributed by atoms with van der Waals surface area (Å²) < 4.78 is 0. The minimum absolute atomic E-state index is 0.0423. The SMILES string of the molecule is CC(CC(=O)NN)N(C)C(C)(C)CO. The number of nitrogens with one attached hydrogen (secondary N) is 1. The van der Waals surface area contributed by atoms with E-state index in [4.69, 9.17) is 10.9 Å². The van der Waals surface area contributed by atoms with Gasteiger partial charge in [-0.05, 0) is 27.8 Å². The highest BCUT2D eigenvalue weighted by atomic mass is 16.3. The first-order chi connectivity index (χ1) is 6.35. The monoisotopic (exact) mass is 203 g/mol. The fourth-order valence-corrected chi connectivity index (χ4v) is 1.17. The van der Waals surface area contributed by atoms with Crippen molar-refractivity contribution >= 4 is 5.91 Å². The molecule has 0 aliphatic carbocycles. The first-order valence-electron chi connectivity index (χ1n) is 4.68. The van der Waals surface area contributed by atoms with Crippen molar-refractivity contribution in [2.45, 2.75) is 38.8 Å². The van der Waals surface area contributed by atoms with Crippen LogP contribution in [0.3, 0.4) is 0 Å². The molecule has 0 fully saturated rings. The molecule has 0 aromatic heterocycles. The average Bonchev–Trinajstić information content (AvgIpc) is 2.16. The van der Waals surface area contributed by atoms with E-state index in [1.807, 2.05) is 32.7 Å². The van der Waals surface area contributed by atoms with Gasteiger partial charge in [0, 0.05) is 18.0 Å². The summed E-state index contributed by atoms with van der Waals surface area (Å²) in [6, 6.07) is 0.0423. The van der Waals surface area contributed by atoms with Gasteiger partial charge in [0.1, 0.15) is 0 Å². The van der Waals surface area contributed by atoms with Crippen LogP contribution in [0.5, 0.6) is 0 Å². The van der Waals surface area contributed by atoms with Crippen molar-refractivity contribution in [2.75, 3.05) is 13.7 Å². The van der Waals surface area contributed by atoms with Crippen LogP contribution >= 0.6 is 0 Å². The Hall–Kier alpha value is -0.650. The maximum Gasteiger partial charge on any atom is 0.235 e. The lowest BCUT2D eigenvalue weighted by Gasteiger charge is -2.38. The normalized spacial score (nSPS) is 14.2. The van der Waals surface area contributed by atoms with Crippen molar-refractivity contribution in [3.05, 3.63) is 0 Å². The molecular formula is C9H21N3O2. The average molecular weight is 203 g/mol. The fourth-order valence-electron chi connectivity index (χ4n) is 1.17. The molecule has 0 saturated heterocycles. The maximum absolute atomic E-state index is 11.0. The molecule has 0 heterocycles. The third-order valence-corrected chi connectivity index (χ3v) is 2.64. The minimum atomic E-state index is -0.325. The molecule has 0 radical (unpaired) electrons. The predicted octanol–water partition coefficient (Wildman–Crippen LogP) is -0.542. The molecule has 1 amide bonds. The summed E-state index contributed by atoms with van der Waals surface area (Å²) in [5.74, 6) is 4.80. The van der Waals surface area contributed by atoms with Crippen LogP contribution in [0.1, 0.15) is 27.2 Å². The van der Waals surface area contributed by atoms with Crippen LogP contribution in [0.15, 0.2) is 0 Å². The minimum Gasteiger partial charge on any atom is -0.394 e. The van der Waals surface area contributed by atoms with Gasteiger partial charge in [0.25, 0.3) is 0 Å². The Balaban J connectivity index is 4.24. The quantitative estimate of drug-likeness (QED) is 0.318. The number of amides is 1. The van der Waals surface area contributed by atoms with E-state index in [0.29, 0.717) is 6.42 Å². The van der Waals surface area contributed by atoms with Gasteiger partial charge < -0.3 is 5.11 Å². The Kier molecular flexibility index (Phi) is 5.04. The molecule has 0 bridgehead atoms. The van der Waals surface area contributed by atoms with Gasteiger partial charge in [0.2, 0.25) is 5.91 Å². The van der Waals surface area contributed by atoms with Gasteiger partial charge in [0.15, 0.2) is 0 Å². The Morgan fingerprint density at radius 2 is 2.14 bits per heavy atom. The molecular weight excluding hydrogens is 182 g/mol. The van der Waals surface area contributed by atoms with Gasteiger partial charge in [-0.3, -0.25) is 15.1 Å². The van der Waals surface area contributed by atoms with Crippen molar-refractivity contribution < 1.29 is 9.90 Å². The van der Waals surface area contributed by atoms with E-state index in [1.54, 1.807) is 0 Å². The number of aliphatic hydroxyl groups is 1. The summed E-state index contributed by atoms with van der Waals surface area (Å²) in [7, 11) is 1.88. The molecule has 84 valence electrons. The number of likely N-dealkylation sites (N-methyl/N-ethyl adjacent to an activating group) is 1. The van der Waals surface area contributed by atoms with Crippen LogP contribution in [0.4, 0.5) is 0 Å². The molecule has 1 unspecified atom stereocenters. The largest absolute Gasteiger partial charge is 0.394 e. The number of rotatable bonds is 5. The highest BCUT2D eigenvalue weighted by Crippen LogP contribution is 2.16. The van der Waals surface area contributed by atoms with Crippen LogP contribution in [0, 0.1) is 0 Å². The highest BCUT2D eigenvalue weighted by molar-refractivity contribution is 5.75. The van der Waals surface area contributed by atoms with Gasteiger partial charge >= 0.3 is 0 Å². The number of hydrogen-bond acceptors (Lipinski definition) is 4. The summed E-state index contributed by atoms with van der Waals surface area (Å²) in [6.45, 7) is 5.82. The molecule has 5 heteroatoms. The van der Waals surface area contributed by atoms with Gasteiger partial charge in [0.05, 0.1) is 6.61 Å². The van der Waals surface area contributed by atoms with E-state index in [9.17, 15) is 4.79 Å². The lowest BCUT2D eigenvalue weighted by atomic mass is 10.0. The fraction of sp³-hybridized carbons (Fsp3) is 0.889. The van der Waals surface area contributed by atoms with Crippen LogP contribution in [0.25, 0.3) is 0 Å². The lowest BCUT2D eigenvalue weighted by Crippen LogP contribution is -2.50. The van der Waals surface area contributed by atoms with E-state index < -0.39 is 0 Å². The molecule has 5 nitrogen and oxygen atoms in total. The zero-order valence-corrected chi connectivity index (χ0v) is 9.37. The molecule has 0 aromatic rings. The smallest absolute Gasteiger partial charge is 0.235 e. The standard InChI is InChI=1S/C9H21N3O2/c1-7(5-8(14)11-10)12(4)9(2,3)6-13/h7,13H,5-6,10H2,1-4H3,(H,11,14). The Bertz CT molecular complexity index is 194. The first-order valence-corrected chi connectivity index (χ1v) is 4.68. The number of nitrogens with two attached hydrogens (primary N) is 1. The second-order valence-electron chi connectivity index (χ2n) is 4.20. The van der Waals surface area contributed by atoms with E-state index in [1.165, 1.54) is 0 Å². The molecule has 0 rings (SSSR count). The second-order valence-corrected chi connectivity index (χ2v) is 4.20. The Labute approximate surface area is 85.2 Å². The molecule has 14 heavy (non-hydrogen) atoms. The third kappa shape index (κ3) is 3.61. The van der Waals surface area contributed by atoms with E-state index >= 15 is 0 Å². The van der Waals surface area contributed by atoms with Crippen molar-refractivity contribution in [2.24, 2.45) is 5.84 Å².